The maximum Gasteiger partial charge on any atom is 0.226 e. The van der Waals surface area contributed by atoms with Crippen LogP contribution in [0.1, 0.15) is 12.1 Å². The summed E-state index contributed by atoms with van der Waals surface area (Å²) in [6, 6.07) is 5.00. The Morgan fingerprint density at radius 1 is 1.40 bits per heavy atom. The van der Waals surface area contributed by atoms with Crippen molar-refractivity contribution in [1.82, 2.24) is 9.78 Å². The zero-order valence-corrected chi connectivity index (χ0v) is 14.3. The van der Waals surface area contributed by atoms with E-state index in [2.05, 4.69) is 33.0 Å². The molecule has 0 spiro atoms. The van der Waals surface area contributed by atoms with Gasteiger partial charge in [0, 0.05) is 17.8 Å². The van der Waals surface area contributed by atoms with E-state index in [1.807, 2.05) is 11.6 Å². The summed E-state index contributed by atoms with van der Waals surface area (Å²) in [6.07, 6.45) is 2.13. The van der Waals surface area contributed by atoms with Crippen LogP contribution in [0.5, 0.6) is 0 Å². The van der Waals surface area contributed by atoms with Crippen LogP contribution in [0.25, 0.3) is 0 Å². The van der Waals surface area contributed by atoms with E-state index >= 15 is 0 Å². The molecule has 1 aromatic carbocycles. The zero-order chi connectivity index (χ0) is 14.7. The quantitative estimate of drug-likeness (QED) is 0.751. The van der Waals surface area contributed by atoms with Gasteiger partial charge in [0.15, 0.2) is 0 Å². The van der Waals surface area contributed by atoms with Gasteiger partial charge in [-0.3, -0.25) is 9.48 Å². The highest BCUT2D eigenvalue weighted by molar-refractivity contribution is 14.1. The fourth-order valence-electron chi connectivity index (χ4n) is 1.65. The molecule has 0 unspecified atom stereocenters. The molecular formula is C13H12Cl2IN3O. The lowest BCUT2D eigenvalue weighted by Crippen LogP contribution is -2.15. The number of benzene rings is 1. The molecule has 1 aromatic heterocycles. The SMILES string of the molecule is Cc1c(I)cnn1CCC(=O)Nc1ccc(Cl)c(Cl)c1. The second-order valence-corrected chi connectivity index (χ2v) is 6.20. The summed E-state index contributed by atoms with van der Waals surface area (Å²) in [7, 11) is 0. The van der Waals surface area contributed by atoms with Gasteiger partial charge in [-0.2, -0.15) is 5.10 Å². The van der Waals surface area contributed by atoms with Gasteiger partial charge in [-0.05, 0) is 47.7 Å². The van der Waals surface area contributed by atoms with Crippen molar-refractivity contribution in [2.45, 2.75) is 19.9 Å². The van der Waals surface area contributed by atoms with Gasteiger partial charge in [-0.15, -0.1) is 0 Å². The highest BCUT2D eigenvalue weighted by Gasteiger charge is 2.08. The van der Waals surface area contributed by atoms with Crippen molar-refractivity contribution in [1.29, 1.82) is 0 Å². The molecule has 0 aliphatic carbocycles. The van der Waals surface area contributed by atoms with Crippen LogP contribution in [0.2, 0.25) is 10.0 Å². The number of halogens is 3. The van der Waals surface area contributed by atoms with E-state index in [-0.39, 0.29) is 5.91 Å². The van der Waals surface area contributed by atoms with Crippen LogP contribution in [0.3, 0.4) is 0 Å². The minimum atomic E-state index is -0.0895. The lowest BCUT2D eigenvalue weighted by Gasteiger charge is -2.07. The van der Waals surface area contributed by atoms with Crippen LogP contribution < -0.4 is 5.32 Å². The normalized spacial score (nSPS) is 10.6. The molecule has 0 saturated carbocycles. The predicted octanol–water partition coefficient (Wildman–Crippen LogP) is 4.13. The molecule has 0 saturated heterocycles. The van der Waals surface area contributed by atoms with Gasteiger partial charge in [0.1, 0.15) is 0 Å². The van der Waals surface area contributed by atoms with Crippen LogP contribution in [-0.4, -0.2) is 15.7 Å². The minimum absolute atomic E-state index is 0.0895. The van der Waals surface area contributed by atoms with Gasteiger partial charge in [0.25, 0.3) is 0 Å². The Balaban J connectivity index is 1.92. The van der Waals surface area contributed by atoms with Gasteiger partial charge >= 0.3 is 0 Å². The fraction of sp³-hybridized carbons (Fsp3) is 0.231. The van der Waals surface area contributed by atoms with Crippen LogP contribution in [-0.2, 0) is 11.3 Å². The van der Waals surface area contributed by atoms with Crippen molar-refractivity contribution in [3.63, 3.8) is 0 Å². The van der Waals surface area contributed by atoms with Crippen LogP contribution >= 0.6 is 45.8 Å². The van der Waals surface area contributed by atoms with Crippen LogP contribution in [0.15, 0.2) is 24.4 Å². The Morgan fingerprint density at radius 3 is 2.75 bits per heavy atom. The number of hydrogen-bond acceptors (Lipinski definition) is 2. The molecular weight excluding hydrogens is 412 g/mol. The van der Waals surface area contributed by atoms with E-state index in [0.29, 0.717) is 28.7 Å². The van der Waals surface area contributed by atoms with Crippen LogP contribution in [0, 0.1) is 10.5 Å². The first kappa shape index (κ1) is 15.6. The van der Waals surface area contributed by atoms with Crippen molar-refractivity contribution >= 4 is 57.4 Å². The highest BCUT2D eigenvalue weighted by Crippen LogP contribution is 2.25. The molecule has 1 heterocycles. The number of rotatable bonds is 4. The van der Waals surface area contributed by atoms with Gasteiger partial charge in [-0.25, -0.2) is 0 Å². The standard InChI is InChI=1S/C13H12Cl2IN3O/c1-8-12(16)7-17-19(8)5-4-13(20)18-9-2-3-10(14)11(15)6-9/h2-3,6-7H,4-5H2,1H3,(H,18,20). The largest absolute Gasteiger partial charge is 0.326 e. The van der Waals surface area contributed by atoms with E-state index in [9.17, 15) is 4.79 Å². The second kappa shape index (κ2) is 6.78. The molecule has 0 aliphatic heterocycles. The Kier molecular flexibility index (Phi) is 5.29. The first-order valence-corrected chi connectivity index (χ1v) is 7.73. The summed E-state index contributed by atoms with van der Waals surface area (Å²) in [4.78, 5) is 11.9. The summed E-state index contributed by atoms with van der Waals surface area (Å²) < 4.78 is 2.91. The fourth-order valence-corrected chi connectivity index (χ4v) is 2.36. The van der Waals surface area contributed by atoms with Gasteiger partial charge in [0.2, 0.25) is 5.91 Å². The van der Waals surface area contributed by atoms with E-state index in [1.54, 1.807) is 24.4 Å². The second-order valence-electron chi connectivity index (χ2n) is 4.23. The molecule has 0 aliphatic rings. The van der Waals surface area contributed by atoms with Gasteiger partial charge < -0.3 is 5.32 Å². The van der Waals surface area contributed by atoms with Crippen molar-refractivity contribution in [3.8, 4) is 0 Å². The summed E-state index contributed by atoms with van der Waals surface area (Å²) in [6.45, 7) is 2.52. The number of nitrogens with one attached hydrogen (secondary N) is 1. The Morgan fingerprint density at radius 2 is 2.15 bits per heavy atom. The molecule has 0 atom stereocenters. The van der Waals surface area contributed by atoms with E-state index in [4.69, 9.17) is 23.2 Å². The van der Waals surface area contributed by atoms with Crippen molar-refractivity contribution in [3.05, 3.63) is 43.7 Å². The highest BCUT2D eigenvalue weighted by atomic mass is 127. The monoisotopic (exact) mass is 423 g/mol. The molecule has 20 heavy (non-hydrogen) atoms. The average Bonchev–Trinajstić information content (AvgIpc) is 2.72. The number of carbonyl (C=O) groups is 1. The maximum atomic E-state index is 11.9. The minimum Gasteiger partial charge on any atom is -0.326 e. The maximum absolute atomic E-state index is 11.9. The topological polar surface area (TPSA) is 46.9 Å². The van der Waals surface area contributed by atoms with Gasteiger partial charge in [0.05, 0.1) is 26.4 Å². The third kappa shape index (κ3) is 3.86. The lowest BCUT2D eigenvalue weighted by molar-refractivity contribution is -0.116. The smallest absolute Gasteiger partial charge is 0.226 e. The summed E-state index contributed by atoms with van der Waals surface area (Å²) >= 11 is 13.9. The average molecular weight is 424 g/mol. The van der Waals surface area contributed by atoms with E-state index in [0.717, 1.165) is 9.26 Å². The molecule has 106 valence electrons. The number of carbonyl (C=O) groups excluding carboxylic acids is 1. The molecule has 4 nitrogen and oxygen atoms in total. The summed E-state index contributed by atoms with van der Waals surface area (Å²) in [5, 5.41) is 7.87. The molecule has 2 aromatic rings. The zero-order valence-electron chi connectivity index (χ0n) is 10.7. The number of amides is 1. The predicted molar refractivity (Wildman–Crippen MR) is 89.4 cm³/mol. The van der Waals surface area contributed by atoms with Crippen molar-refractivity contribution in [2.24, 2.45) is 0 Å². The first-order chi connectivity index (χ1) is 9.47. The summed E-state index contributed by atoms with van der Waals surface area (Å²) in [5.74, 6) is -0.0895. The molecule has 1 N–H and O–H groups in total. The van der Waals surface area contributed by atoms with Crippen LogP contribution in [0.4, 0.5) is 5.69 Å². The Labute approximate surface area is 140 Å². The number of nitrogens with zero attached hydrogens (tertiary/aromatic N) is 2. The molecule has 0 fully saturated rings. The van der Waals surface area contributed by atoms with E-state index in [1.165, 1.54) is 0 Å². The lowest BCUT2D eigenvalue weighted by atomic mass is 10.3. The van der Waals surface area contributed by atoms with Gasteiger partial charge in [-0.1, -0.05) is 23.2 Å². The summed E-state index contributed by atoms with van der Waals surface area (Å²) in [5.41, 5.74) is 1.70. The Bertz CT molecular complexity index is 643. The number of anilines is 1. The molecule has 1 amide bonds. The van der Waals surface area contributed by atoms with Crippen molar-refractivity contribution < 1.29 is 4.79 Å². The molecule has 0 bridgehead atoms. The number of aryl methyl sites for hydroxylation is 1. The molecule has 7 heteroatoms. The number of aromatic nitrogens is 2. The van der Waals surface area contributed by atoms with E-state index < -0.39 is 0 Å². The number of hydrogen-bond donors (Lipinski definition) is 1. The first-order valence-electron chi connectivity index (χ1n) is 5.90. The third-order valence-electron chi connectivity index (χ3n) is 2.80. The van der Waals surface area contributed by atoms with Crippen molar-refractivity contribution in [2.75, 3.05) is 5.32 Å². The molecule has 2 rings (SSSR count). The molecule has 0 radical (unpaired) electrons. The third-order valence-corrected chi connectivity index (χ3v) is 4.60. The Hall–Kier alpha value is -0.790.